The minimum absolute atomic E-state index is 0.00162. The molecule has 8 nitrogen and oxygen atoms in total. The third kappa shape index (κ3) is 2.37. The number of aromatic nitrogens is 1. The van der Waals surface area contributed by atoms with Crippen LogP contribution in [0.1, 0.15) is 18.9 Å². The van der Waals surface area contributed by atoms with Gasteiger partial charge in [0.15, 0.2) is 5.75 Å². The van der Waals surface area contributed by atoms with Gasteiger partial charge in [-0.15, -0.1) is 0 Å². The van der Waals surface area contributed by atoms with E-state index in [-0.39, 0.29) is 22.2 Å². The lowest BCUT2D eigenvalue weighted by Crippen LogP contribution is -2.16. The lowest BCUT2D eigenvalue weighted by atomic mass is 10.1. The fourth-order valence-electron chi connectivity index (χ4n) is 2.30. The molecule has 1 aliphatic carbocycles. The van der Waals surface area contributed by atoms with Crippen LogP contribution in [0.15, 0.2) is 23.1 Å². The summed E-state index contributed by atoms with van der Waals surface area (Å²) >= 11 is 5.89. The second-order valence-corrected chi connectivity index (χ2v) is 5.31. The Hall–Kier alpha value is -2.61. The summed E-state index contributed by atoms with van der Waals surface area (Å²) in [6.45, 7) is 0. The topological polar surface area (TPSA) is 112 Å². The highest BCUT2D eigenvalue weighted by atomic mass is 35.5. The van der Waals surface area contributed by atoms with Crippen LogP contribution in [0.2, 0.25) is 5.02 Å². The highest BCUT2D eigenvalue weighted by molar-refractivity contribution is 6.33. The van der Waals surface area contributed by atoms with Gasteiger partial charge < -0.3 is 14.4 Å². The molecule has 0 spiro atoms. The van der Waals surface area contributed by atoms with Crippen LogP contribution in [-0.4, -0.2) is 20.8 Å². The summed E-state index contributed by atoms with van der Waals surface area (Å²) in [5, 5.41) is 19.6. The zero-order chi connectivity index (χ0) is 16.0. The molecule has 1 heterocycles. The van der Waals surface area contributed by atoms with Gasteiger partial charge in [-0.05, 0) is 18.9 Å². The average Bonchev–Trinajstić information content (AvgIpc) is 3.25. The molecule has 114 valence electrons. The standard InChI is InChI=1S/C13H9ClN2O6/c14-8-4-9-7(3-10(8)16(20)21)12(17)11(22-13(18)19)5-15(9)6-1-2-6/h3-6H,1-2H2,(H,18,19). The smallest absolute Gasteiger partial charge is 0.449 e. The van der Waals surface area contributed by atoms with Gasteiger partial charge in [-0.3, -0.25) is 14.9 Å². The van der Waals surface area contributed by atoms with Gasteiger partial charge in [0.25, 0.3) is 5.69 Å². The lowest BCUT2D eigenvalue weighted by molar-refractivity contribution is -0.384. The van der Waals surface area contributed by atoms with E-state index in [2.05, 4.69) is 4.74 Å². The number of pyridine rings is 1. The highest BCUT2D eigenvalue weighted by Gasteiger charge is 2.28. The average molecular weight is 325 g/mol. The van der Waals surface area contributed by atoms with Crippen molar-refractivity contribution < 1.29 is 19.6 Å². The number of hydrogen-bond donors (Lipinski definition) is 1. The summed E-state index contributed by atoms with van der Waals surface area (Å²) in [4.78, 5) is 33.2. The van der Waals surface area contributed by atoms with Gasteiger partial charge in [0.1, 0.15) is 5.02 Å². The molecule has 0 saturated heterocycles. The van der Waals surface area contributed by atoms with E-state index in [4.69, 9.17) is 16.7 Å². The summed E-state index contributed by atoms with van der Waals surface area (Å²) in [5.41, 5.74) is -0.726. The molecular formula is C13H9ClN2O6. The van der Waals surface area contributed by atoms with Crippen molar-refractivity contribution in [2.45, 2.75) is 18.9 Å². The SMILES string of the molecule is O=C(O)Oc1cn(C2CC2)c2cc(Cl)c([N+](=O)[O-])cc2c1=O. The monoisotopic (exact) mass is 324 g/mol. The first-order valence-electron chi connectivity index (χ1n) is 6.32. The fraction of sp³-hybridized carbons (Fsp3) is 0.231. The van der Waals surface area contributed by atoms with Crippen LogP contribution in [0.3, 0.4) is 0 Å². The molecule has 0 atom stereocenters. The van der Waals surface area contributed by atoms with Crippen molar-refractivity contribution in [2.75, 3.05) is 0 Å². The molecule has 1 aliphatic rings. The van der Waals surface area contributed by atoms with E-state index >= 15 is 0 Å². The number of fused-ring (bicyclic) bond motifs is 1. The first-order chi connectivity index (χ1) is 10.4. The van der Waals surface area contributed by atoms with Crippen molar-refractivity contribution in [3.63, 3.8) is 0 Å². The lowest BCUT2D eigenvalue weighted by Gasteiger charge is -2.12. The summed E-state index contributed by atoms with van der Waals surface area (Å²) in [6, 6.07) is 2.49. The summed E-state index contributed by atoms with van der Waals surface area (Å²) in [5.74, 6) is -0.386. The molecule has 22 heavy (non-hydrogen) atoms. The molecule has 1 aromatic carbocycles. The number of benzene rings is 1. The van der Waals surface area contributed by atoms with Crippen molar-refractivity contribution >= 4 is 34.3 Å². The molecule has 1 saturated carbocycles. The van der Waals surface area contributed by atoms with E-state index in [0.717, 1.165) is 18.9 Å². The minimum atomic E-state index is -1.62. The van der Waals surface area contributed by atoms with Gasteiger partial charge in [0, 0.05) is 12.1 Å². The Balaban J connectivity index is 2.35. The van der Waals surface area contributed by atoms with Gasteiger partial charge in [0.2, 0.25) is 5.43 Å². The van der Waals surface area contributed by atoms with Crippen LogP contribution in [0.25, 0.3) is 10.9 Å². The van der Waals surface area contributed by atoms with E-state index in [1.54, 1.807) is 4.57 Å². The molecule has 0 bridgehead atoms. The fourth-order valence-corrected chi connectivity index (χ4v) is 2.52. The Kier molecular flexibility index (Phi) is 3.25. The number of carbonyl (C=O) groups is 1. The van der Waals surface area contributed by atoms with Crippen LogP contribution in [0.4, 0.5) is 10.5 Å². The first kappa shape index (κ1) is 14.3. The second-order valence-electron chi connectivity index (χ2n) is 4.91. The van der Waals surface area contributed by atoms with E-state index in [1.807, 2.05) is 0 Å². The molecule has 3 rings (SSSR count). The Bertz CT molecular complexity index is 871. The Morgan fingerprint density at radius 1 is 1.45 bits per heavy atom. The largest absolute Gasteiger partial charge is 0.511 e. The third-order valence-electron chi connectivity index (χ3n) is 3.40. The molecule has 1 aromatic heterocycles. The van der Waals surface area contributed by atoms with E-state index in [0.29, 0.717) is 5.52 Å². The number of hydrogen-bond acceptors (Lipinski definition) is 5. The molecule has 0 unspecified atom stereocenters. The van der Waals surface area contributed by atoms with Crippen LogP contribution < -0.4 is 10.2 Å². The van der Waals surface area contributed by atoms with Crippen LogP contribution in [0, 0.1) is 10.1 Å². The van der Waals surface area contributed by atoms with Crippen molar-refractivity contribution in [2.24, 2.45) is 0 Å². The highest BCUT2D eigenvalue weighted by Crippen LogP contribution is 2.39. The van der Waals surface area contributed by atoms with Crippen LogP contribution in [-0.2, 0) is 0 Å². The molecule has 0 aliphatic heterocycles. The first-order valence-corrected chi connectivity index (χ1v) is 6.70. The number of carboxylic acid groups (broad SMARTS) is 1. The molecule has 2 aromatic rings. The number of halogens is 1. The van der Waals surface area contributed by atoms with Crippen molar-refractivity contribution in [3.8, 4) is 5.75 Å². The number of nitro benzene ring substituents is 1. The number of nitro groups is 1. The van der Waals surface area contributed by atoms with E-state index in [1.165, 1.54) is 12.3 Å². The molecular weight excluding hydrogens is 316 g/mol. The zero-order valence-corrected chi connectivity index (χ0v) is 11.7. The summed E-state index contributed by atoms with van der Waals surface area (Å²) in [7, 11) is 0. The van der Waals surface area contributed by atoms with Crippen LogP contribution in [0.5, 0.6) is 5.75 Å². The van der Waals surface area contributed by atoms with Gasteiger partial charge >= 0.3 is 6.16 Å². The van der Waals surface area contributed by atoms with Gasteiger partial charge in [-0.2, -0.15) is 0 Å². The quantitative estimate of drug-likeness (QED) is 0.527. The number of rotatable bonds is 3. The van der Waals surface area contributed by atoms with Gasteiger partial charge in [-0.1, -0.05) is 11.6 Å². The molecule has 1 N–H and O–H groups in total. The summed E-state index contributed by atoms with van der Waals surface area (Å²) < 4.78 is 6.15. The predicted octanol–water partition coefficient (Wildman–Crippen LogP) is 2.95. The normalized spacial score (nSPS) is 14.0. The molecule has 1 fully saturated rings. The van der Waals surface area contributed by atoms with Gasteiger partial charge in [0.05, 0.1) is 22.0 Å². The number of nitrogens with zero attached hydrogens (tertiary/aromatic N) is 2. The third-order valence-corrected chi connectivity index (χ3v) is 3.71. The van der Waals surface area contributed by atoms with Crippen molar-refractivity contribution in [3.05, 3.63) is 43.7 Å². The predicted molar refractivity (Wildman–Crippen MR) is 76.8 cm³/mol. The minimum Gasteiger partial charge on any atom is -0.449 e. The Morgan fingerprint density at radius 3 is 2.68 bits per heavy atom. The van der Waals surface area contributed by atoms with E-state index in [9.17, 15) is 19.7 Å². The second kappa shape index (κ2) is 4.99. The maximum atomic E-state index is 12.3. The Labute approximate surface area is 127 Å². The van der Waals surface area contributed by atoms with E-state index < -0.39 is 22.2 Å². The Morgan fingerprint density at radius 2 is 2.14 bits per heavy atom. The number of ether oxygens (including phenoxy) is 1. The maximum Gasteiger partial charge on any atom is 0.511 e. The van der Waals surface area contributed by atoms with Gasteiger partial charge in [-0.25, -0.2) is 4.79 Å². The van der Waals surface area contributed by atoms with Crippen LogP contribution >= 0.6 is 11.6 Å². The van der Waals surface area contributed by atoms with Crippen molar-refractivity contribution in [1.82, 2.24) is 4.57 Å². The molecule has 9 heteroatoms. The summed E-state index contributed by atoms with van der Waals surface area (Å²) in [6.07, 6.45) is 1.40. The zero-order valence-electron chi connectivity index (χ0n) is 11.0. The molecule has 0 radical (unpaired) electrons. The maximum absolute atomic E-state index is 12.3. The van der Waals surface area contributed by atoms with Crippen molar-refractivity contribution in [1.29, 1.82) is 0 Å². The molecule has 0 amide bonds.